The van der Waals surface area contributed by atoms with E-state index in [1.54, 1.807) is 12.3 Å². The fourth-order valence-corrected chi connectivity index (χ4v) is 3.21. The molecular weight excluding hydrogens is 312 g/mol. The first-order valence-corrected chi connectivity index (χ1v) is 7.86. The van der Waals surface area contributed by atoms with Gasteiger partial charge in [0.1, 0.15) is 17.4 Å². The molecule has 4 rings (SSSR count). The molecule has 122 valence electrons. The standard InChI is InChI=1S/C18H15F2N3O/c1-10-9-21-18(24-10)12-5-2-4-11-8-15(22-23-17(11)12)16-13(19)6-3-7-14(16)20/h3,6-9,12H,2,4-5H2,1H3. The van der Waals surface area contributed by atoms with Gasteiger partial charge in [0.2, 0.25) is 5.89 Å². The van der Waals surface area contributed by atoms with Crippen LogP contribution in [-0.2, 0) is 6.42 Å². The Morgan fingerprint density at radius 2 is 1.96 bits per heavy atom. The van der Waals surface area contributed by atoms with Crippen molar-refractivity contribution in [2.24, 2.45) is 0 Å². The van der Waals surface area contributed by atoms with Gasteiger partial charge in [0.15, 0.2) is 0 Å². The van der Waals surface area contributed by atoms with Crippen molar-refractivity contribution >= 4 is 0 Å². The van der Waals surface area contributed by atoms with Crippen LogP contribution in [-0.4, -0.2) is 15.2 Å². The summed E-state index contributed by atoms with van der Waals surface area (Å²) in [5.74, 6) is 0.0250. The molecule has 1 aromatic carbocycles. The van der Waals surface area contributed by atoms with E-state index in [4.69, 9.17) is 4.42 Å². The highest BCUT2D eigenvalue weighted by Crippen LogP contribution is 2.36. The zero-order chi connectivity index (χ0) is 16.7. The summed E-state index contributed by atoms with van der Waals surface area (Å²) >= 11 is 0. The fraction of sp³-hybridized carbons (Fsp3) is 0.278. The van der Waals surface area contributed by atoms with E-state index in [0.29, 0.717) is 5.89 Å². The number of oxazole rings is 1. The lowest BCUT2D eigenvalue weighted by atomic mass is 9.86. The summed E-state index contributed by atoms with van der Waals surface area (Å²) in [4.78, 5) is 4.29. The Morgan fingerprint density at radius 3 is 2.67 bits per heavy atom. The van der Waals surface area contributed by atoms with Crippen molar-refractivity contribution in [1.82, 2.24) is 15.2 Å². The maximum Gasteiger partial charge on any atom is 0.203 e. The van der Waals surface area contributed by atoms with E-state index in [1.165, 1.54) is 18.2 Å². The summed E-state index contributed by atoms with van der Waals surface area (Å²) in [6.07, 6.45) is 4.28. The van der Waals surface area contributed by atoms with Crippen molar-refractivity contribution in [3.05, 3.63) is 65.0 Å². The molecular formula is C18H15F2N3O. The number of rotatable bonds is 2. The predicted molar refractivity (Wildman–Crippen MR) is 83.4 cm³/mol. The molecule has 0 fully saturated rings. The molecule has 0 saturated heterocycles. The second-order valence-electron chi connectivity index (χ2n) is 5.99. The number of halogens is 2. The summed E-state index contributed by atoms with van der Waals surface area (Å²) < 4.78 is 33.6. The largest absolute Gasteiger partial charge is 0.445 e. The van der Waals surface area contributed by atoms with Crippen LogP contribution in [0.3, 0.4) is 0 Å². The van der Waals surface area contributed by atoms with Crippen LogP contribution >= 0.6 is 0 Å². The van der Waals surface area contributed by atoms with Crippen LogP contribution in [0.5, 0.6) is 0 Å². The third kappa shape index (κ3) is 2.48. The van der Waals surface area contributed by atoms with Crippen LogP contribution < -0.4 is 0 Å². The predicted octanol–water partition coefficient (Wildman–Crippen LogP) is 4.19. The van der Waals surface area contributed by atoms with Crippen molar-refractivity contribution in [2.75, 3.05) is 0 Å². The van der Waals surface area contributed by atoms with Crippen molar-refractivity contribution in [1.29, 1.82) is 0 Å². The average molecular weight is 327 g/mol. The minimum Gasteiger partial charge on any atom is -0.445 e. The van der Waals surface area contributed by atoms with Gasteiger partial charge < -0.3 is 4.42 Å². The molecule has 2 heterocycles. The monoisotopic (exact) mass is 327 g/mol. The molecule has 1 atom stereocenters. The van der Waals surface area contributed by atoms with Crippen LogP contribution in [0.4, 0.5) is 8.78 Å². The first-order valence-electron chi connectivity index (χ1n) is 7.86. The zero-order valence-corrected chi connectivity index (χ0v) is 13.1. The molecule has 4 nitrogen and oxygen atoms in total. The Morgan fingerprint density at radius 1 is 1.17 bits per heavy atom. The maximum absolute atomic E-state index is 14.0. The Kier molecular flexibility index (Phi) is 3.59. The van der Waals surface area contributed by atoms with E-state index in [0.717, 1.165) is 36.3 Å². The summed E-state index contributed by atoms with van der Waals surface area (Å²) in [5, 5.41) is 8.33. The van der Waals surface area contributed by atoms with Crippen LogP contribution in [0.15, 0.2) is 34.9 Å². The van der Waals surface area contributed by atoms with Gasteiger partial charge in [0.25, 0.3) is 0 Å². The van der Waals surface area contributed by atoms with Gasteiger partial charge >= 0.3 is 0 Å². The SMILES string of the molecule is Cc1cnc(C2CCCc3cc(-c4c(F)cccc4F)nnc32)o1. The van der Waals surface area contributed by atoms with Crippen molar-refractivity contribution in [2.45, 2.75) is 32.1 Å². The normalized spacial score (nSPS) is 16.9. The Hall–Kier alpha value is -2.63. The van der Waals surface area contributed by atoms with Gasteiger partial charge in [0.05, 0.1) is 29.1 Å². The van der Waals surface area contributed by atoms with Gasteiger partial charge in [-0.15, -0.1) is 5.10 Å². The molecule has 1 aliphatic carbocycles. The van der Waals surface area contributed by atoms with Crippen molar-refractivity contribution in [3.8, 4) is 11.3 Å². The van der Waals surface area contributed by atoms with Crippen LogP contribution in [0.2, 0.25) is 0 Å². The molecule has 2 aromatic heterocycles. The lowest BCUT2D eigenvalue weighted by Crippen LogP contribution is -2.15. The number of fused-ring (bicyclic) bond motifs is 1. The summed E-state index contributed by atoms with van der Waals surface area (Å²) in [5.41, 5.74) is 1.80. The highest BCUT2D eigenvalue weighted by molar-refractivity contribution is 5.61. The molecule has 0 aliphatic heterocycles. The Balaban J connectivity index is 1.78. The number of hydrogen-bond acceptors (Lipinski definition) is 4. The molecule has 6 heteroatoms. The van der Waals surface area contributed by atoms with Gasteiger partial charge in [-0.3, -0.25) is 0 Å². The highest BCUT2D eigenvalue weighted by Gasteiger charge is 2.28. The molecule has 0 N–H and O–H groups in total. The summed E-state index contributed by atoms with van der Waals surface area (Å²) in [6, 6.07) is 5.50. The minimum absolute atomic E-state index is 0.0607. The molecule has 0 spiro atoms. The van der Waals surface area contributed by atoms with Gasteiger partial charge in [0, 0.05) is 0 Å². The van der Waals surface area contributed by atoms with Gasteiger partial charge in [-0.2, -0.15) is 5.10 Å². The van der Waals surface area contributed by atoms with Crippen LogP contribution in [0.1, 0.15) is 41.7 Å². The van der Waals surface area contributed by atoms with E-state index in [1.807, 2.05) is 6.92 Å². The maximum atomic E-state index is 14.0. The molecule has 1 unspecified atom stereocenters. The Labute approximate surface area is 137 Å². The lowest BCUT2D eigenvalue weighted by Gasteiger charge is -2.21. The molecule has 0 radical (unpaired) electrons. The number of nitrogens with zero attached hydrogens (tertiary/aromatic N) is 3. The summed E-state index contributed by atoms with van der Waals surface area (Å²) in [6.45, 7) is 1.84. The molecule has 24 heavy (non-hydrogen) atoms. The minimum atomic E-state index is -0.639. The van der Waals surface area contributed by atoms with Crippen molar-refractivity contribution < 1.29 is 13.2 Å². The van der Waals surface area contributed by atoms with E-state index in [9.17, 15) is 8.78 Å². The van der Waals surface area contributed by atoms with Crippen LogP contribution in [0.25, 0.3) is 11.3 Å². The topological polar surface area (TPSA) is 51.8 Å². The first-order chi connectivity index (χ1) is 11.6. The zero-order valence-electron chi connectivity index (χ0n) is 13.1. The van der Waals surface area contributed by atoms with E-state index in [2.05, 4.69) is 15.2 Å². The number of benzene rings is 1. The van der Waals surface area contributed by atoms with Gasteiger partial charge in [-0.05, 0) is 49.9 Å². The Bertz CT molecular complexity index is 887. The third-order valence-corrected chi connectivity index (χ3v) is 4.33. The fourth-order valence-electron chi connectivity index (χ4n) is 3.21. The van der Waals surface area contributed by atoms with E-state index in [-0.39, 0.29) is 17.2 Å². The second-order valence-corrected chi connectivity index (χ2v) is 5.99. The average Bonchev–Trinajstić information content (AvgIpc) is 3.00. The van der Waals surface area contributed by atoms with Gasteiger partial charge in [-0.1, -0.05) is 6.07 Å². The van der Waals surface area contributed by atoms with E-state index >= 15 is 0 Å². The quantitative estimate of drug-likeness (QED) is 0.708. The summed E-state index contributed by atoms with van der Waals surface area (Å²) in [7, 11) is 0. The van der Waals surface area contributed by atoms with Crippen LogP contribution in [0, 0.1) is 18.6 Å². The van der Waals surface area contributed by atoms with Crippen molar-refractivity contribution in [3.63, 3.8) is 0 Å². The molecule has 3 aromatic rings. The smallest absolute Gasteiger partial charge is 0.203 e. The molecule has 0 bridgehead atoms. The highest BCUT2D eigenvalue weighted by atomic mass is 19.1. The third-order valence-electron chi connectivity index (χ3n) is 4.33. The lowest BCUT2D eigenvalue weighted by molar-refractivity contribution is 0.420. The molecule has 0 saturated carbocycles. The molecule has 0 amide bonds. The number of hydrogen-bond donors (Lipinski definition) is 0. The second kappa shape index (κ2) is 5.78. The van der Waals surface area contributed by atoms with E-state index < -0.39 is 11.6 Å². The molecule has 1 aliphatic rings. The van der Waals surface area contributed by atoms with Gasteiger partial charge in [-0.25, -0.2) is 13.8 Å². The number of aromatic nitrogens is 3. The first kappa shape index (κ1) is 14.9. The number of aryl methyl sites for hydroxylation is 2.